The summed E-state index contributed by atoms with van der Waals surface area (Å²) in [5.74, 6) is 1.49. The smallest absolute Gasteiger partial charge is 0.216 e. The summed E-state index contributed by atoms with van der Waals surface area (Å²) in [5.41, 5.74) is 1.76. The van der Waals surface area contributed by atoms with Gasteiger partial charge in [0.15, 0.2) is 5.82 Å². The van der Waals surface area contributed by atoms with E-state index in [1.165, 1.54) is 0 Å². The average molecular weight is 393 g/mol. The summed E-state index contributed by atoms with van der Waals surface area (Å²) in [6.07, 6.45) is 2.18. The summed E-state index contributed by atoms with van der Waals surface area (Å²) < 4.78 is 7.13. The minimum absolute atomic E-state index is 0.401. The van der Waals surface area contributed by atoms with Gasteiger partial charge in [0, 0.05) is 12.0 Å². The zero-order chi connectivity index (χ0) is 17.8. The molecule has 0 amide bonds. The normalized spacial score (nSPS) is 11.2. The topological polar surface area (TPSA) is 55.2 Å². The molecule has 0 saturated heterocycles. The fourth-order valence-corrected chi connectivity index (χ4v) is 2.78. The van der Waals surface area contributed by atoms with Gasteiger partial charge in [0.25, 0.3) is 0 Å². The first-order valence-corrected chi connectivity index (χ1v) is 8.52. The molecule has 0 fully saturated rings. The van der Waals surface area contributed by atoms with Crippen LogP contribution in [0.15, 0.2) is 47.6 Å². The van der Waals surface area contributed by atoms with Crippen LogP contribution in [0, 0.1) is 4.77 Å². The van der Waals surface area contributed by atoms with Gasteiger partial charge in [-0.25, -0.2) is 0 Å². The summed E-state index contributed by atoms with van der Waals surface area (Å²) >= 11 is 17.5. The van der Waals surface area contributed by atoms with Crippen LogP contribution in [0.4, 0.5) is 0 Å². The number of nitrogens with one attached hydrogen (secondary N) is 1. The molecule has 0 unspecified atom stereocenters. The standard InChI is InChI=1S/C17H14Cl2N4OS/c1-24-13-7-5-11(6-8-13)9-15-21-22-17(25)23(15)20-10-12-3-2-4-14(18)16(12)19/h2-8,10H,9H2,1H3,(H,22,25)/b20-10-. The lowest BCUT2D eigenvalue weighted by Gasteiger charge is -2.04. The zero-order valence-electron chi connectivity index (χ0n) is 13.2. The van der Waals surface area contributed by atoms with Crippen molar-refractivity contribution in [2.45, 2.75) is 6.42 Å². The second-order valence-corrected chi connectivity index (χ2v) is 6.34. The molecule has 128 valence electrons. The van der Waals surface area contributed by atoms with Gasteiger partial charge < -0.3 is 4.74 Å². The Morgan fingerprint density at radius 2 is 2.00 bits per heavy atom. The van der Waals surface area contributed by atoms with Crippen molar-refractivity contribution in [2.75, 3.05) is 7.11 Å². The highest BCUT2D eigenvalue weighted by Gasteiger charge is 2.07. The van der Waals surface area contributed by atoms with Crippen LogP contribution in [0.25, 0.3) is 0 Å². The highest BCUT2D eigenvalue weighted by molar-refractivity contribution is 7.71. The predicted molar refractivity (Wildman–Crippen MR) is 103 cm³/mol. The van der Waals surface area contributed by atoms with Crippen LogP contribution >= 0.6 is 35.4 Å². The summed E-state index contributed by atoms with van der Waals surface area (Å²) in [6, 6.07) is 13.1. The van der Waals surface area contributed by atoms with Crippen molar-refractivity contribution in [2.24, 2.45) is 5.10 Å². The van der Waals surface area contributed by atoms with Crippen LogP contribution in [0.5, 0.6) is 5.75 Å². The molecule has 3 aromatic rings. The van der Waals surface area contributed by atoms with Crippen molar-refractivity contribution < 1.29 is 4.74 Å². The maximum Gasteiger partial charge on any atom is 0.216 e. The second-order valence-electron chi connectivity index (χ2n) is 5.17. The molecule has 0 radical (unpaired) electrons. The van der Waals surface area contributed by atoms with Crippen molar-refractivity contribution >= 4 is 41.6 Å². The number of ether oxygens (including phenoxy) is 1. The monoisotopic (exact) mass is 392 g/mol. The Morgan fingerprint density at radius 3 is 2.72 bits per heavy atom. The van der Waals surface area contributed by atoms with E-state index in [2.05, 4.69) is 15.3 Å². The molecule has 0 saturated carbocycles. The van der Waals surface area contributed by atoms with E-state index in [1.807, 2.05) is 36.4 Å². The van der Waals surface area contributed by atoms with E-state index >= 15 is 0 Å². The molecule has 0 aliphatic heterocycles. The van der Waals surface area contributed by atoms with Gasteiger partial charge in [-0.1, -0.05) is 47.5 Å². The van der Waals surface area contributed by atoms with E-state index in [1.54, 1.807) is 24.1 Å². The number of hydrogen-bond acceptors (Lipinski definition) is 4. The number of aromatic nitrogens is 3. The molecule has 0 aliphatic carbocycles. The van der Waals surface area contributed by atoms with Crippen LogP contribution in [0.1, 0.15) is 17.0 Å². The maximum absolute atomic E-state index is 6.18. The molecule has 2 aromatic carbocycles. The van der Waals surface area contributed by atoms with Crippen molar-refractivity contribution in [3.63, 3.8) is 0 Å². The van der Waals surface area contributed by atoms with Crippen molar-refractivity contribution in [3.8, 4) is 5.75 Å². The molecule has 0 aliphatic rings. The molecule has 3 rings (SSSR count). The van der Waals surface area contributed by atoms with Crippen molar-refractivity contribution in [1.29, 1.82) is 0 Å². The van der Waals surface area contributed by atoms with E-state index < -0.39 is 0 Å². The Balaban J connectivity index is 1.87. The minimum Gasteiger partial charge on any atom is -0.497 e. The number of nitrogens with zero attached hydrogens (tertiary/aromatic N) is 3. The molecule has 1 aromatic heterocycles. The van der Waals surface area contributed by atoms with E-state index in [0.717, 1.165) is 11.3 Å². The third kappa shape index (κ3) is 4.10. The Bertz CT molecular complexity index is 964. The number of H-pyrrole nitrogens is 1. The molecular formula is C17H14Cl2N4OS. The maximum atomic E-state index is 6.18. The summed E-state index contributed by atoms with van der Waals surface area (Å²) in [4.78, 5) is 0. The van der Waals surface area contributed by atoms with Crippen LogP contribution in [0.3, 0.4) is 0 Å². The molecule has 1 heterocycles. The number of aromatic amines is 1. The zero-order valence-corrected chi connectivity index (χ0v) is 15.6. The quantitative estimate of drug-likeness (QED) is 0.504. The molecule has 5 nitrogen and oxygen atoms in total. The van der Waals surface area contributed by atoms with E-state index in [0.29, 0.717) is 32.6 Å². The first-order chi connectivity index (χ1) is 12.1. The number of methoxy groups -OCH3 is 1. The van der Waals surface area contributed by atoms with Gasteiger partial charge in [0.05, 0.1) is 23.4 Å². The second kappa shape index (κ2) is 7.82. The number of hydrogen-bond donors (Lipinski definition) is 1. The predicted octanol–water partition coefficient (Wildman–Crippen LogP) is 4.73. The number of rotatable bonds is 5. The van der Waals surface area contributed by atoms with Crippen molar-refractivity contribution in [3.05, 3.63) is 74.2 Å². The molecule has 0 bridgehead atoms. The van der Waals surface area contributed by atoms with Gasteiger partial charge in [-0.3, -0.25) is 5.10 Å². The lowest BCUT2D eigenvalue weighted by atomic mass is 10.1. The summed E-state index contributed by atoms with van der Waals surface area (Å²) in [7, 11) is 1.63. The molecule has 8 heteroatoms. The SMILES string of the molecule is COc1ccc(Cc2n[nH]c(=S)n2/N=C\c2cccc(Cl)c2Cl)cc1. The highest BCUT2D eigenvalue weighted by atomic mass is 35.5. The lowest BCUT2D eigenvalue weighted by Crippen LogP contribution is -2.00. The van der Waals surface area contributed by atoms with Gasteiger partial charge in [-0.15, -0.1) is 0 Å². The van der Waals surface area contributed by atoms with Crippen LogP contribution in [0.2, 0.25) is 10.0 Å². The highest BCUT2D eigenvalue weighted by Crippen LogP contribution is 2.24. The number of benzene rings is 2. The number of halogens is 2. The molecule has 0 atom stereocenters. The van der Waals surface area contributed by atoms with Gasteiger partial charge in [-0.05, 0) is 36.0 Å². The van der Waals surface area contributed by atoms with E-state index in [9.17, 15) is 0 Å². The van der Waals surface area contributed by atoms with Crippen molar-refractivity contribution in [1.82, 2.24) is 14.9 Å². The average Bonchev–Trinajstić information content (AvgIpc) is 2.97. The van der Waals surface area contributed by atoms with Crippen LogP contribution in [-0.2, 0) is 6.42 Å². The van der Waals surface area contributed by atoms with Gasteiger partial charge in [0.1, 0.15) is 5.75 Å². The Labute approximate surface area is 159 Å². The lowest BCUT2D eigenvalue weighted by molar-refractivity contribution is 0.414. The summed E-state index contributed by atoms with van der Waals surface area (Å²) in [6.45, 7) is 0. The van der Waals surface area contributed by atoms with E-state index in [-0.39, 0.29) is 0 Å². The fourth-order valence-electron chi connectivity index (χ4n) is 2.22. The molecule has 1 N–H and O–H groups in total. The van der Waals surface area contributed by atoms with Gasteiger partial charge >= 0.3 is 0 Å². The molecule has 0 spiro atoms. The van der Waals surface area contributed by atoms with Crippen LogP contribution < -0.4 is 4.74 Å². The Morgan fingerprint density at radius 1 is 1.24 bits per heavy atom. The van der Waals surface area contributed by atoms with Gasteiger partial charge in [-0.2, -0.15) is 14.9 Å². The first-order valence-electron chi connectivity index (χ1n) is 7.36. The third-order valence-corrected chi connectivity index (χ3v) is 4.63. The molecule has 25 heavy (non-hydrogen) atoms. The van der Waals surface area contributed by atoms with E-state index in [4.69, 9.17) is 40.2 Å². The fraction of sp³-hybridized carbons (Fsp3) is 0.118. The molecular weight excluding hydrogens is 379 g/mol. The van der Waals surface area contributed by atoms with Gasteiger partial charge in [0.2, 0.25) is 4.77 Å². The first kappa shape index (κ1) is 17.7. The minimum atomic E-state index is 0.401. The Hall–Kier alpha value is -2.15. The Kier molecular flexibility index (Phi) is 5.53. The van der Waals surface area contributed by atoms with Crippen LogP contribution in [-0.4, -0.2) is 28.2 Å². The third-order valence-electron chi connectivity index (χ3n) is 3.53. The largest absolute Gasteiger partial charge is 0.497 e. The summed E-state index contributed by atoms with van der Waals surface area (Å²) in [5, 5.41) is 12.3.